The number of carbonyl (C=O) groups excluding carboxylic acids is 2. The summed E-state index contributed by atoms with van der Waals surface area (Å²) in [6, 6.07) is 9.18. The van der Waals surface area contributed by atoms with Gasteiger partial charge >= 0.3 is 0 Å². The van der Waals surface area contributed by atoms with Crippen molar-refractivity contribution in [3.05, 3.63) is 35.9 Å². The highest BCUT2D eigenvalue weighted by molar-refractivity contribution is 7.88. The van der Waals surface area contributed by atoms with Gasteiger partial charge in [-0.25, -0.2) is 13.9 Å². The van der Waals surface area contributed by atoms with Gasteiger partial charge in [-0.2, -0.15) is 0 Å². The molecule has 0 saturated heterocycles. The molecule has 0 fully saturated rings. The summed E-state index contributed by atoms with van der Waals surface area (Å²) in [5, 5.41) is 9.23. The molecule has 8 nitrogen and oxygen atoms in total. The molecule has 2 amide bonds. The van der Waals surface area contributed by atoms with Crippen LogP contribution in [0.1, 0.15) is 46.1 Å². The molecule has 0 aliphatic rings. The van der Waals surface area contributed by atoms with Crippen LogP contribution in [-0.2, 0) is 19.6 Å². The lowest BCUT2D eigenvalue weighted by Gasteiger charge is -2.29. The Balaban J connectivity index is 3.18. The minimum atomic E-state index is -3.70. The highest BCUT2D eigenvalue weighted by Gasteiger charge is 2.35. The molecular weight excluding hydrogens is 418 g/mol. The average molecular weight is 452 g/mol. The van der Waals surface area contributed by atoms with Crippen molar-refractivity contribution in [2.75, 3.05) is 12.8 Å². The first kappa shape index (κ1) is 26.6. The van der Waals surface area contributed by atoms with Crippen LogP contribution in [-0.4, -0.2) is 42.7 Å². The zero-order valence-corrected chi connectivity index (χ0v) is 19.6. The van der Waals surface area contributed by atoms with Crippen LogP contribution in [0.5, 0.6) is 0 Å². The fourth-order valence-corrected chi connectivity index (χ4v) is 3.87. The molecule has 0 aliphatic carbocycles. The van der Waals surface area contributed by atoms with Gasteiger partial charge in [0.1, 0.15) is 0 Å². The predicted octanol–water partition coefficient (Wildman–Crippen LogP) is 2.16. The summed E-state index contributed by atoms with van der Waals surface area (Å²) in [5.41, 5.74) is 4.84. The van der Waals surface area contributed by atoms with Gasteiger partial charge in [-0.1, -0.05) is 57.7 Å². The molecule has 0 saturated carbocycles. The van der Waals surface area contributed by atoms with Gasteiger partial charge < -0.3 is 0 Å². The van der Waals surface area contributed by atoms with E-state index < -0.39 is 33.7 Å². The highest BCUT2D eigenvalue weighted by atomic mass is 32.2. The summed E-state index contributed by atoms with van der Waals surface area (Å²) < 4.78 is 25.1. The highest BCUT2D eigenvalue weighted by Crippen LogP contribution is 2.25. The SMILES string of the molecule is CC(C)C[C@@H](C(=O)NN(CC(C)C)S(C)(=O)=O)[C@H](CC#Cc1ccccc1)C(=O)NO. The van der Waals surface area contributed by atoms with E-state index in [2.05, 4.69) is 17.3 Å². The van der Waals surface area contributed by atoms with Crippen molar-refractivity contribution in [1.29, 1.82) is 0 Å². The van der Waals surface area contributed by atoms with Crippen molar-refractivity contribution in [3.8, 4) is 11.8 Å². The van der Waals surface area contributed by atoms with Crippen molar-refractivity contribution in [2.24, 2.45) is 23.7 Å². The number of hydroxylamine groups is 1. The van der Waals surface area contributed by atoms with Gasteiger partial charge in [-0.3, -0.25) is 20.2 Å². The van der Waals surface area contributed by atoms with Crippen LogP contribution in [0.25, 0.3) is 0 Å². The van der Waals surface area contributed by atoms with E-state index >= 15 is 0 Å². The molecule has 0 heterocycles. The van der Waals surface area contributed by atoms with Crippen LogP contribution in [0, 0.1) is 35.5 Å². The van der Waals surface area contributed by atoms with Gasteiger partial charge in [0, 0.05) is 18.5 Å². The molecule has 0 bridgehead atoms. The maximum atomic E-state index is 13.1. The van der Waals surface area contributed by atoms with Gasteiger partial charge in [0.2, 0.25) is 21.8 Å². The van der Waals surface area contributed by atoms with Crippen molar-refractivity contribution in [2.45, 2.75) is 40.5 Å². The lowest BCUT2D eigenvalue weighted by Crippen LogP contribution is -2.51. The molecular formula is C22H33N3O5S. The van der Waals surface area contributed by atoms with E-state index in [1.54, 1.807) is 5.48 Å². The minimum absolute atomic E-state index is 0.0214. The van der Waals surface area contributed by atoms with Gasteiger partial charge in [0.25, 0.3) is 0 Å². The fourth-order valence-electron chi connectivity index (χ4n) is 3.05. The number of rotatable bonds is 10. The number of hydrazine groups is 1. The Morgan fingerprint density at radius 2 is 1.65 bits per heavy atom. The lowest BCUT2D eigenvalue weighted by molar-refractivity contribution is -0.141. The number of nitrogens with zero attached hydrogens (tertiary/aromatic N) is 1. The van der Waals surface area contributed by atoms with E-state index in [1.165, 1.54) is 0 Å². The molecule has 0 aromatic heterocycles. The number of nitrogens with one attached hydrogen (secondary N) is 2. The van der Waals surface area contributed by atoms with Gasteiger partial charge in [0.15, 0.2) is 0 Å². The average Bonchev–Trinajstić information content (AvgIpc) is 2.68. The predicted molar refractivity (Wildman–Crippen MR) is 119 cm³/mol. The standard InChI is InChI=1S/C22H33N3O5S/c1-16(2)14-20(21(26)23-25(15-17(3)4)31(5,29)30)19(22(27)24-28)13-9-12-18-10-7-6-8-11-18/h6-8,10-11,16-17,19-20,28H,13-15H2,1-5H3,(H,23,26)(H,24,27)/t19-,20+/m0/s1. The van der Waals surface area contributed by atoms with Crippen molar-refractivity contribution in [3.63, 3.8) is 0 Å². The third-order valence-electron chi connectivity index (χ3n) is 4.49. The zero-order chi connectivity index (χ0) is 23.6. The molecule has 0 spiro atoms. The molecule has 1 aromatic rings. The van der Waals surface area contributed by atoms with Gasteiger partial charge in [-0.05, 0) is 30.4 Å². The van der Waals surface area contributed by atoms with Crippen LogP contribution in [0.4, 0.5) is 0 Å². The Hall–Kier alpha value is -2.41. The molecule has 2 atom stereocenters. The lowest BCUT2D eigenvalue weighted by atomic mass is 9.82. The van der Waals surface area contributed by atoms with Crippen LogP contribution in [0.3, 0.4) is 0 Å². The Labute approximate surface area is 185 Å². The van der Waals surface area contributed by atoms with Gasteiger partial charge in [0.05, 0.1) is 18.1 Å². The Kier molecular flexibility index (Phi) is 10.7. The monoisotopic (exact) mass is 451 g/mol. The summed E-state index contributed by atoms with van der Waals surface area (Å²) in [6.07, 6.45) is 1.35. The van der Waals surface area contributed by atoms with E-state index in [0.29, 0.717) is 6.42 Å². The zero-order valence-electron chi connectivity index (χ0n) is 18.8. The first-order valence-electron chi connectivity index (χ1n) is 10.2. The minimum Gasteiger partial charge on any atom is -0.289 e. The van der Waals surface area contributed by atoms with E-state index in [9.17, 15) is 23.2 Å². The first-order chi connectivity index (χ1) is 14.5. The summed E-state index contributed by atoms with van der Waals surface area (Å²) in [4.78, 5) is 25.5. The summed E-state index contributed by atoms with van der Waals surface area (Å²) >= 11 is 0. The van der Waals surface area contributed by atoms with Crippen LogP contribution in [0.15, 0.2) is 30.3 Å². The summed E-state index contributed by atoms with van der Waals surface area (Å²) in [6.45, 7) is 7.55. The number of benzene rings is 1. The van der Waals surface area contributed by atoms with E-state index in [-0.39, 0.29) is 24.8 Å². The van der Waals surface area contributed by atoms with Crippen molar-refractivity contribution < 1.29 is 23.2 Å². The second-order valence-electron chi connectivity index (χ2n) is 8.35. The third kappa shape index (κ3) is 9.51. The molecule has 1 rings (SSSR count). The molecule has 3 N–H and O–H groups in total. The van der Waals surface area contributed by atoms with E-state index in [1.807, 2.05) is 58.0 Å². The molecule has 0 unspecified atom stereocenters. The van der Waals surface area contributed by atoms with E-state index in [0.717, 1.165) is 16.2 Å². The number of hydrogen-bond donors (Lipinski definition) is 3. The van der Waals surface area contributed by atoms with Gasteiger partial charge in [-0.15, -0.1) is 4.41 Å². The Morgan fingerprint density at radius 3 is 2.13 bits per heavy atom. The normalized spacial score (nSPS) is 13.5. The Morgan fingerprint density at radius 1 is 1.03 bits per heavy atom. The summed E-state index contributed by atoms with van der Waals surface area (Å²) in [5.74, 6) is 2.70. The summed E-state index contributed by atoms with van der Waals surface area (Å²) in [7, 11) is -3.70. The van der Waals surface area contributed by atoms with Crippen molar-refractivity contribution in [1.82, 2.24) is 15.3 Å². The molecule has 1 aromatic carbocycles. The maximum Gasteiger partial charge on any atom is 0.248 e. The second kappa shape index (κ2) is 12.4. The van der Waals surface area contributed by atoms with E-state index in [4.69, 9.17) is 0 Å². The smallest absolute Gasteiger partial charge is 0.248 e. The number of carbonyl (C=O) groups is 2. The maximum absolute atomic E-state index is 13.1. The van der Waals surface area contributed by atoms with Crippen LogP contribution < -0.4 is 10.9 Å². The number of hydrogen-bond acceptors (Lipinski definition) is 5. The number of sulfonamides is 1. The first-order valence-corrected chi connectivity index (χ1v) is 12.1. The van der Waals surface area contributed by atoms with Crippen LogP contribution in [0.2, 0.25) is 0 Å². The third-order valence-corrected chi connectivity index (χ3v) is 5.53. The topological polar surface area (TPSA) is 116 Å². The van der Waals surface area contributed by atoms with Crippen molar-refractivity contribution >= 4 is 21.8 Å². The molecule has 0 aliphatic heterocycles. The largest absolute Gasteiger partial charge is 0.289 e. The second-order valence-corrected chi connectivity index (χ2v) is 10.3. The molecule has 31 heavy (non-hydrogen) atoms. The number of amides is 2. The Bertz CT molecular complexity index is 889. The molecule has 9 heteroatoms. The quantitative estimate of drug-likeness (QED) is 0.286. The molecule has 0 radical (unpaired) electrons. The molecule has 172 valence electrons. The fraction of sp³-hybridized carbons (Fsp3) is 0.545. The van der Waals surface area contributed by atoms with Crippen LogP contribution >= 0.6 is 0 Å².